The summed E-state index contributed by atoms with van der Waals surface area (Å²) in [5, 5.41) is 6.96. The SMILES string of the molecule is CCS(=O)(=O)c1cc(F)ccc1NC(=O)NCc1cccs1. The van der Waals surface area contributed by atoms with Gasteiger partial charge in [0.15, 0.2) is 9.84 Å². The largest absolute Gasteiger partial charge is 0.333 e. The van der Waals surface area contributed by atoms with Crippen LogP contribution in [0.4, 0.5) is 14.9 Å². The molecule has 0 aliphatic heterocycles. The second-order valence-electron chi connectivity index (χ2n) is 4.43. The molecular weight excluding hydrogens is 327 g/mol. The van der Waals surface area contributed by atoms with Crippen molar-refractivity contribution in [3.8, 4) is 0 Å². The van der Waals surface area contributed by atoms with E-state index >= 15 is 0 Å². The Morgan fingerprint density at radius 2 is 2.09 bits per heavy atom. The molecule has 1 heterocycles. The molecule has 1 aromatic heterocycles. The number of sulfone groups is 1. The van der Waals surface area contributed by atoms with E-state index in [1.54, 1.807) is 0 Å². The standard InChI is InChI=1S/C14H15FN2O3S2/c1-2-22(19,20)13-8-10(15)5-6-12(13)17-14(18)16-9-11-4-3-7-21-11/h3-8H,2,9H2,1H3,(H2,16,17,18). The van der Waals surface area contributed by atoms with E-state index in [1.807, 2.05) is 17.5 Å². The van der Waals surface area contributed by atoms with Crippen LogP contribution in [0.2, 0.25) is 0 Å². The molecule has 118 valence electrons. The van der Waals surface area contributed by atoms with Crippen molar-refractivity contribution in [1.82, 2.24) is 5.32 Å². The maximum atomic E-state index is 13.3. The number of anilines is 1. The zero-order valence-corrected chi connectivity index (χ0v) is 13.4. The number of halogens is 1. The highest BCUT2D eigenvalue weighted by atomic mass is 32.2. The van der Waals surface area contributed by atoms with Gasteiger partial charge in [0.25, 0.3) is 0 Å². The number of amides is 2. The predicted molar refractivity (Wildman–Crippen MR) is 84.3 cm³/mol. The third-order valence-corrected chi connectivity index (χ3v) is 5.55. The van der Waals surface area contributed by atoms with E-state index in [0.717, 1.165) is 17.0 Å². The molecule has 22 heavy (non-hydrogen) atoms. The maximum absolute atomic E-state index is 13.3. The van der Waals surface area contributed by atoms with Crippen LogP contribution in [-0.4, -0.2) is 20.2 Å². The summed E-state index contributed by atoms with van der Waals surface area (Å²) in [5.74, 6) is -0.848. The monoisotopic (exact) mass is 342 g/mol. The van der Waals surface area contributed by atoms with Gasteiger partial charge in [0.2, 0.25) is 0 Å². The van der Waals surface area contributed by atoms with Crippen LogP contribution in [0.3, 0.4) is 0 Å². The van der Waals surface area contributed by atoms with Crippen molar-refractivity contribution in [3.63, 3.8) is 0 Å². The van der Waals surface area contributed by atoms with Crippen LogP contribution < -0.4 is 10.6 Å². The first-order valence-corrected chi connectivity index (χ1v) is 9.05. The first kappa shape index (κ1) is 16.4. The van der Waals surface area contributed by atoms with Crippen LogP contribution >= 0.6 is 11.3 Å². The lowest BCUT2D eigenvalue weighted by atomic mass is 10.3. The molecule has 2 N–H and O–H groups in total. The summed E-state index contributed by atoms with van der Waals surface area (Å²) in [5.41, 5.74) is 0.0620. The summed E-state index contributed by atoms with van der Waals surface area (Å²) in [7, 11) is -3.64. The second kappa shape index (κ2) is 6.89. The van der Waals surface area contributed by atoms with Crippen LogP contribution in [-0.2, 0) is 16.4 Å². The molecular formula is C14H15FN2O3S2. The number of benzene rings is 1. The van der Waals surface area contributed by atoms with Gasteiger partial charge in [0.05, 0.1) is 22.9 Å². The van der Waals surface area contributed by atoms with E-state index in [4.69, 9.17) is 0 Å². The van der Waals surface area contributed by atoms with Gasteiger partial charge in [-0.1, -0.05) is 13.0 Å². The Kier molecular flexibility index (Phi) is 5.15. The molecule has 0 saturated heterocycles. The number of thiophene rings is 1. The normalized spacial score (nSPS) is 11.2. The Bertz CT molecular complexity index is 758. The Morgan fingerprint density at radius 1 is 1.32 bits per heavy atom. The lowest BCUT2D eigenvalue weighted by Crippen LogP contribution is -2.28. The molecule has 2 amide bonds. The highest BCUT2D eigenvalue weighted by Crippen LogP contribution is 2.23. The summed E-state index contributed by atoms with van der Waals surface area (Å²) in [6.07, 6.45) is 0. The van der Waals surface area contributed by atoms with Gasteiger partial charge in [-0.2, -0.15) is 0 Å². The van der Waals surface area contributed by atoms with Gasteiger partial charge in [-0.05, 0) is 29.6 Å². The quantitative estimate of drug-likeness (QED) is 0.877. The Hall–Kier alpha value is -1.93. The van der Waals surface area contributed by atoms with E-state index in [0.29, 0.717) is 6.54 Å². The predicted octanol–water partition coefficient (Wildman–Crippen LogP) is 3.00. The molecule has 1 aromatic carbocycles. The summed E-state index contributed by atoms with van der Waals surface area (Å²) in [6.45, 7) is 1.79. The van der Waals surface area contributed by atoms with E-state index in [9.17, 15) is 17.6 Å². The summed E-state index contributed by atoms with van der Waals surface area (Å²) in [6, 6.07) is 6.44. The molecule has 0 spiro atoms. The van der Waals surface area contributed by atoms with Crippen molar-refractivity contribution >= 4 is 32.9 Å². The third kappa shape index (κ3) is 4.05. The molecule has 5 nitrogen and oxygen atoms in total. The lowest BCUT2D eigenvalue weighted by molar-refractivity contribution is 0.252. The number of carbonyl (C=O) groups is 1. The molecule has 0 unspecified atom stereocenters. The molecule has 0 bridgehead atoms. The smallest absolute Gasteiger partial charge is 0.319 e. The maximum Gasteiger partial charge on any atom is 0.319 e. The lowest BCUT2D eigenvalue weighted by Gasteiger charge is -2.11. The molecule has 2 rings (SSSR count). The van der Waals surface area contributed by atoms with Crippen molar-refractivity contribution in [3.05, 3.63) is 46.4 Å². The fourth-order valence-corrected chi connectivity index (χ4v) is 3.46. The van der Waals surface area contributed by atoms with Crippen molar-refractivity contribution in [2.75, 3.05) is 11.1 Å². The molecule has 0 aliphatic rings. The van der Waals surface area contributed by atoms with Crippen LogP contribution in [0.15, 0.2) is 40.6 Å². The third-order valence-electron chi connectivity index (χ3n) is 2.91. The van der Waals surface area contributed by atoms with Crippen molar-refractivity contribution in [2.45, 2.75) is 18.4 Å². The summed E-state index contributed by atoms with van der Waals surface area (Å²) in [4.78, 5) is 12.6. The number of hydrogen-bond donors (Lipinski definition) is 2. The van der Waals surface area contributed by atoms with Gasteiger partial charge >= 0.3 is 6.03 Å². The number of nitrogens with one attached hydrogen (secondary N) is 2. The minimum Gasteiger partial charge on any atom is -0.333 e. The van der Waals surface area contributed by atoms with Gasteiger partial charge in [-0.15, -0.1) is 11.3 Å². The van der Waals surface area contributed by atoms with Gasteiger partial charge in [-0.3, -0.25) is 0 Å². The average Bonchev–Trinajstić information content (AvgIpc) is 3.00. The number of hydrogen-bond acceptors (Lipinski definition) is 4. The molecule has 0 radical (unpaired) electrons. The molecule has 0 aliphatic carbocycles. The second-order valence-corrected chi connectivity index (χ2v) is 7.71. The first-order valence-electron chi connectivity index (χ1n) is 6.52. The fraction of sp³-hybridized carbons (Fsp3) is 0.214. The van der Waals surface area contributed by atoms with E-state index in [-0.39, 0.29) is 16.3 Å². The zero-order chi connectivity index (χ0) is 16.2. The Morgan fingerprint density at radius 3 is 2.73 bits per heavy atom. The van der Waals surface area contributed by atoms with Gasteiger partial charge in [0.1, 0.15) is 5.82 Å². The number of carbonyl (C=O) groups excluding carboxylic acids is 1. The van der Waals surface area contributed by atoms with Crippen LogP contribution in [0.25, 0.3) is 0 Å². The van der Waals surface area contributed by atoms with Gasteiger partial charge in [0, 0.05) is 4.88 Å². The van der Waals surface area contributed by atoms with Gasteiger partial charge < -0.3 is 10.6 Å². The highest BCUT2D eigenvalue weighted by molar-refractivity contribution is 7.91. The molecule has 0 saturated carbocycles. The number of urea groups is 1. The molecule has 2 aromatic rings. The topological polar surface area (TPSA) is 75.3 Å². The highest BCUT2D eigenvalue weighted by Gasteiger charge is 2.19. The van der Waals surface area contributed by atoms with E-state index in [2.05, 4.69) is 10.6 Å². The van der Waals surface area contributed by atoms with Crippen molar-refractivity contribution in [2.24, 2.45) is 0 Å². The van der Waals surface area contributed by atoms with Crippen molar-refractivity contribution in [1.29, 1.82) is 0 Å². The molecule has 8 heteroatoms. The zero-order valence-electron chi connectivity index (χ0n) is 11.8. The minimum absolute atomic E-state index is 0.0620. The molecule has 0 fully saturated rings. The summed E-state index contributed by atoms with van der Waals surface area (Å²) < 4.78 is 37.2. The van der Waals surface area contributed by atoms with Crippen LogP contribution in [0.5, 0.6) is 0 Å². The molecule has 0 atom stereocenters. The fourth-order valence-electron chi connectivity index (χ4n) is 1.76. The van der Waals surface area contributed by atoms with Gasteiger partial charge in [-0.25, -0.2) is 17.6 Å². The van der Waals surface area contributed by atoms with Crippen LogP contribution in [0, 0.1) is 5.82 Å². The Balaban J connectivity index is 2.13. The summed E-state index contributed by atoms with van der Waals surface area (Å²) >= 11 is 1.50. The van der Waals surface area contributed by atoms with Crippen LogP contribution in [0.1, 0.15) is 11.8 Å². The first-order chi connectivity index (χ1) is 10.4. The van der Waals surface area contributed by atoms with Crippen molar-refractivity contribution < 1.29 is 17.6 Å². The Labute approximate surface area is 132 Å². The van der Waals surface area contributed by atoms with E-state index < -0.39 is 21.7 Å². The number of rotatable bonds is 5. The van der Waals surface area contributed by atoms with E-state index in [1.165, 1.54) is 24.3 Å². The minimum atomic E-state index is -3.64. The average molecular weight is 342 g/mol.